The van der Waals surface area contributed by atoms with Crippen LogP contribution in [0.4, 0.5) is 0 Å². The maximum Gasteiger partial charge on any atom is 0.175 e. The first kappa shape index (κ1) is 17.4. The van der Waals surface area contributed by atoms with Gasteiger partial charge in [-0.1, -0.05) is 12.1 Å². The summed E-state index contributed by atoms with van der Waals surface area (Å²) in [5.41, 5.74) is 1.98. The third-order valence-corrected chi connectivity index (χ3v) is 5.04. The Morgan fingerprint density at radius 1 is 1.04 bits per heavy atom. The lowest BCUT2D eigenvalue weighted by atomic mass is 10.0. The maximum atomic E-state index is 11.6. The van der Waals surface area contributed by atoms with Gasteiger partial charge in [0.05, 0.1) is 16.7 Å². The van der Waals surface area contributed by atoms with Crippen LogP contribution in [-0.2, 0) is 16.3 Å². The molecule has 0 N–H and O–H groups in total. The third-order valence-electron chi connectivity index (χ3n) is 3.91. The molecule has 0 fully saturated rings. The highest BCUT2D eigenvalue weighted by Gasteiger charge is 2.09. The predicted molar refractivity (Wildman–Crippen MR) is 99.9 cm³/mol. The van der Waals surface area contributed by atoms with Gasteiger partial charge in [-0.15, -0.1) is 0 Å². The minimum atomic E-state index is -3.17. The van der Waals surface area contributed by atoms with Gasteiger partial charge in [0.2, 0.25) is 0 Å². The van der Waals surface area contributed by atoms with Crippen LogP contribution < -0.4 is 4.74 Å². The summed E-state index contributed by atoms with van der Waals surface area (Å²) in [6.07, 6.45) is 3.78. The molecule has 0 spiro atoms. The van der Waals surface area contributed by atoms with Crippen LogP contribution in [0.2, 0.25) is 0 Å². The molecule has 2 aromatic carbocycles. The molecule has 0 atom stereocenters. The second-order valence-electron chi connectivity index (χ2n) is 6.40. The van der Waals surface area contributed by atoms with E-state index in [9.17, 15) is 8.42 Å². The van der Waals surface area contributed by atoms with Crippen molar-refractivity contribution in [1.82, 2.24) is 4.98 Å². The summed E-state index contributed by atoms with van der Waals surface area (Å²) in [5, 5.41) is 2.15. The minimum absolute atomic E-state index is 0.132. The largest absolute Gasteiger partial charge is 0.491 e. The summed E-state index contributed by atoms with van der Waals surface area (Å²) in [5.74, 6) is 0.845. The van der Waals surface area contributed by atoms with Crippen LogP contribution in [0.1, 0.15) is 25.1 Å². The molecule has 1 heterocycles. The van der Waals surface area contributed by atoms with Crippen LogP contribution in [0.5, 0.6) is 5.75 Å². The lowest BCUT2D eigenvalue weighted by Gasteiger charge is -2.12. The van der Waals surface area contributed by atoms with E-state index in [2.05, 4.69) is 4.98 Å². The molecule has 0 aliphatic heterocycles. The molecule has 0 aliphatic rings. The normalized spacial score (nSPS) is 11.8. The van der Waals surface area contributed by atoms with Crippen LogP contribution in [0.15, 0.2) is 59.6 Å². The van der Waals surface area contributed by atoms with Gasteiger partial charge in [0.25, 0.3) is 0 Å². The zero-order valence-electron chi connectivity index (χ0n) is 14.6. The van der Waals surface area contributed by atoms with E-state index in [1.54, 1.807) is 18.3 Å². The average molecular weight is 355 g/mol. The minimum Gasteiger partial charge on any atom is -0.491 e. The Kier molecular flexibility index (Phi) is 4.77. The molecule has 0 saturated heterocycles. The summed E-state index contributed by atoms with van der Waals surface area (Å²) < 4.78 is 28.9. The first-order chi connectivity index (χ1) is 11.8. The van der Waals surface area contributed by atoms with Crippen LogP contribution in [-0.4, -0.2) is 25.8 Å². The second kappa shape index (κ2) is 6.84. The second-order valence-corrected chi connectivity index (χ2v) is 8.42. The molecule has 0 bridgehead atoms. The molecule has 25 heavy (non-hydrogen) atoms. The number of hydrogen-bond acceptors (Lipinski definition) is 4. The number of pyridine rings is 1. The molecule has 0 radical (unpaired) electrons. The Morgan fingerprint density at radius 2 is 1.76 bits per heavy atom. The predicted octanol–water partition coefficient (Wildman–Crippen LogP) is 4.02. The number of benzene rings is 2. The highest BCUT2D eigenvalue weighted by molar-refractivity contribution is 7.90. The number of sulfone groups is 1. The van der Waals surface area contributed by atoms with E-state index >= 15 is 0 Å². The zero-order valence-corrected chi connectivity index (χ0v) is 15.4. The Balaban J connectivity index is 1.91. The molecule has 0 aliphatic carbocycles. The number of hydrogen-bond donors (Lipinski definition) is 0. The SMILES string of the molecule is CC(C)Oc1ccc2c(Cc3ccc(S(C)(=O)=O)cc3)nccc2c1. The molecule has 0 unspecified atom stereocenters. The molecule has 130 valence electrons. The van der Waals surface area contributed by atoms with E-state index in [1.807, 2.05) is 50.2 Å². The molecule has 3 aromatic rings. The quantitative estimate of drug-likeness (QED) is 0.694. The molecular weight excluding hydrogens is 334 g/mol. The van der Waals surface area contributed by atoms with Crippen molar-refractivity contribution in [3.05, 3.63) is 66.0 Å². The van der Waals surface area contributed by atoms with E-state index in [4.69, 9.17) is 4.74 Å². The molecule has 4 nitrogen and oxygen atoms in total. The van der Waals surface area contributed by atoms with Gasteiger partial charge in [-0.2, -0.15) is 0 Å². The number of aromatic nitrogens is 1. The Morgan fingerprint density at radius 3 is 2.40 bits per heavy atom. The summed E-state index contributed by atoms with van der Waals surface area (Å²) in [7, 11) is -3.17. The molecular formula is C20H21NO3S. The van der Waals surface area contributed by atoms with Gasteiger partial charge in [0, 0.05) is 24.3 Å². The van der Waals surface area contributed by atoms with Crippen molar-refractivity contribution >= 4 is 20.6 Å². The van der Waals surface area contributed by atoms with Crippen molar-refractivity contribution in [2.24, 2.45) is 0 Å². The summed E-state index contributed by atoms with van der Waals surface area (Å²) >= 11 is 0. The molecule has 0 amide bonds. The third kappa shape index (κ3) is 4.17. The van der Waals surface area contributed by atoms with E-state index in [1.165, 1.54) is 6.26 Å². The Bertz CT molecular complexity index is 993. The lowest BCUT2D eigenvalue weighted by Crippen LogP contribution is -2.05. The van der Waals surface area contributed by atoms with Crippen LogP contribution in [0.25, 0.3) is 10.8 Å². The lowest BCUT2D eigenvalue weighted by molar-refractivity contribution is 0.243. The number of ether oxygens (including phenoxy) is 1. The Hall–Kier alpha value is -2.40. The van der Waals surface area contributed by atoms with Crippen LogP contribution in [0, 0.1) is 0 Å². The van der Waals surface area contributed by atoms with Crippen molar-refractivity contribution in [2.75, 3.05) is 6.26 Å². The van der Waals surface area contributed by atoms with Gasteiger partial charge in [-0.05, 0) is 61.2 Å². The standard InChI is InChI=1S/C20H21NO3S/c1-14(2)24-17-6-9-19-16(13-17)10-11-21-20(19)12-15-4-7-18(8-5-15)25(3,22)23/h4-11,13-14H,12H2,1-3H3. The van der Waals surface area contributed by atoms with Crippen molar-refractivity contribution in [1.29, 1.82) is 0 Å². The Labute approximate surface area is 148 Å². The fraction of sp³-hybridized carbons (Fsp3) is 0.250. The number of nitrogens with zero attached hydrogens (tertiary/aromatic N) is 1. The van der Waals surface area contributed by atoms with Crippen molar-refractivity contribution in [3.8, 4) is 5.75 Å². The molecule has 5 heteroatoms. The fourth-order valence-electron chi connectivity index (χ4n) is 2.75. The first-order valence-electron chi connectivity index (χ1n) is 8.16. The fourth-order valence-corrected chi connectivity index (χ4v) is 3.38. The van der Waals surface area contributed by atoms with E-state index in [0.29, 0.717) is 11.3 Å². The van der Waals surface area contributed by atoms with Gasteiger partial charge in [0.15, 0.2) is 9.84 Å². The zero-order chi connectivity index (χ0) is 18.0. The summed E-state index contributed by atoms with van der Waals surface area (Å²) in [6, 6.07) is 14.9. The van der Waals surface area contributed by atoms with Crippen molar-refractivity contribution in [3.63, 3.8) is 0 Å². The highest BCUT2D eigenvalue weighted by Crippen LogP contribution is 2.25. The van der Waals surface area contributed by atoms with Gasteiger partial charge in [0.1, 0.15) is 5.75 Å². The van der Waals surface area contributed by atoms with Crippen molar-refractivity contribution < 1.29 is 13.2 Å². The summed E-state index contributed by atoms with van der Waals surface area (Å²) in [6.45, 7) is 4.00. The topological polar surface area (TPSA) is 56.3 Å². The molecule has 3 rings (SSSR count). The van der Waals surface area contributed by atoms with Crippen molar-refractivity contribution in [2.45, 2.75) is 31.3 Å². The average Bonchev–Trinajstić information content (AvgIpc) is 2.54. The van der Waals surface area contributed by atoms with E-state index < -0.39 is 9.84 Å². The maximum absolute atomic E-state index is 11.6. The van der Waals surface area contributed by atoms with Gasteiger partial charge < -0.3 is 4.74 Å². The highest BCUT2D eigenvalue weighted by atomic mass is 32.2. The van der Waals surface area contributed by atoms with Gasteiger partial charge in [-0.3, -0.25) is 4.98 Å². The number of rotatable bonds is 5. The van der Waals surface area contributed by atoms with Gasteiger partial charge in [-0.25, -0.2) is 8.42 Å². The molecule has 0 saturated carbocycles. The first-order valence-corrected chi connectivity index (χ1v) is 10.1. The molecule has 1 aromatic heterocycles. The van der Waals surface area contributed by atoms with E-state index in [-0.39, 0.29) is 6.10 Å². The van der Waals surface area contributed by atoms with Crippen LogP contribution in [0.3, 0.4) is 0 Å². The van der Waals surface area contributed by atoms with Crippen LogP contribution >= 0.6 is 0 Å². The van der Waals surface area contributed by atoms with E-state index in [0.717, 1.165) is 27.8 Å². The van der Waals surface area contributed by atoms with Gasteiger partial charge >= 0.3 is 0 Å². The monoisotopic (exact) mass is 355 g/mol. The number of fused-ring (bicyclic) bond motifs is 1. The summed E-state index contributed by atoms with van der Waals surface area (Å²) in [4.78, 5) is 4.84. The smallest absolute Gasteiger partial charge is 0.175 e.